The van der Waals surface area contributed by atoms with Crippen molar-refractivity contribution in [1.29, 1.82) is 0 Å². The number of hydrogen-bond donors (Lipinski definition) is 1. The second kappa shape index (κ2) is 14.1. The van der Waals surface area contributed by atoms with Gasteiger partial charge in [-0.05, 0) is 103 Å². The highest BCUT2D eigenvalue weighted by Gasteiger charge is 2.41. The summed E-state index contributed by atoms with van der Waals surface area (Å²) in [4.78, 5) is 34.1. The summed E-state index contributed by atoms with van der Waals surface area (Å²) in [6.45, 7) is 15.1. The van der Waals surface area contributed by atoms with E-state index >= 15 is 4.39 Å². The first-order chi connectivity index (χ1) is 22.3. The monoisotopic (exact) mass is 643 g/mol. The van der Waals surface area contributed by atoms with E-state index in [9.17, 15) is 9.59 Å². The third-order valence-corrected chi connectivity index (χ3v) is 9.48. The zero-order valence-corrected chi connectivity index (χ0v) is 29.0. The maximum Gasteiger partial charge on any atom is 0.340 e. The highest BCUT2D eigenvalue weighted by atomic mass is 19.1. The van der Waals surface area contributed by atoms with Crippen molar-refractivity contribution in [2.75, 3.05) is 18.0 Å². The van der Waals surface area contributed by atoms with Gasteiger partial charge in [-0.1, -0.05) is 49.2 Å². The molecule has 2 aromatic carbocycles. The van der Waals surface area contributed by atoms with Gasteiger partial charge in [0.1, 0.15) is 5.82 Å². The Morgan fingerprint density at radius 3 is 2.23 bits per heavy atom. The van der Waals surface area contributed by atoms with Crippen LogP contribution in [0.25, 0.3) is 11.1 Å². The molecule has 2 heterocycles. The lowest BCUT2D eigenvalue weighted by molar-refractivity contribution is -0.171. The Balaban J connectivity index is 1.60. The van der Waals surface area contributed by atoms with E-state index in [1.165, 1.54) is 37.8 Å². The molecule has 1 atom stereocenters. The van der Waals surface area contributed by atoms with Crippen molar-refractivity contribution in [3.05, 3.63) is 82.4 Å². The maximum atomic E-state index is 15.9. The standard InChI is InChI=1S/C39H50FN3O4/c1-25(2)46-37(45)35(47-38(5,6)7)33-27(4)42-26(3)32(34(33)43-21-19-39(20-22-43)17-11-12-18-39)29-15-16-30(31(40)23-29)36(44)41-24-28-13-9-8-10-14-28/h8-10,13-16,23,25,35H,11-12,17-22,24H2,1-7H3,(H,41,44). The number of benzene rings is 2. The molecule has 252 valence electrons. The molecule has 1 aliphatic heterocycles. The molecule has 47 heavy (non-hydrogen) atoms. The fourth-order valence-electron chi connectivity index (χ4n) is 7.26. The van der Waals surface area contributed by atoms with Gasteiger partial charge in [0.05, 0.1) is 23.0 Å². The summed E-state index contributed by atoms with van der Waals surface area (Å²) in [7, 11) is 0. The average molecular weight is 644 g/mol. The van der Waals surface area contributed by atoms with E-state index in [-0.39, 0.29) is 11.7 Å². The van der Waals surface area contributed by atoms with Gasteiger partial charge < -0.3 is 19.7 Å². The van der Waals surface area contributed by atoms with E-state index in [0.717, 1.165) is 48.4 Å². The van der Waals surface area contributed by atoms with Crippen molar-refractivity contribution in [1.82, 2.24) is 10.3 Å². The van der Waals surface area contributed by atoms with Crippen molar-refractivity contribution in [2.24, 2.45) is 5.41 Å². The number of ether oxygens (including phenoxy) is 2. The predicted molar refractivity (Wildman–Crippen MR) is 184 cm³/mol. The maximum absolute atomic E-state index is 15.9. The second-order valence-corrected chi connectivity index (χ2v) is 14.6. The van der Waals surface area contributed by atoms with Crippen molar-refractivity contribution < 1.29 is 23.5 Å². The Labute approximate surface area is 279 Å². The van der Waals surface area contributed by atoms with Gasteiger partial charge in [0.15, 0.2) is 6.10 Å². The van der Waals surface area contributed by atoms with Crippen LogP contribution in [0.3, 0.4) is 0 Å². The minimum Gasteiger partial charge on any atom is -0.461 e. The normalized spacial score (nSPS) is 16.8. The summed E-state index contributed by atoms with van der Waals surface area (Å²) in [6, 6.07) is 14.3. The van der Waals surface area contributed by atoms with Crippen LogP contribution >= 0.6 is 0 Å². The lowest BCUT2D eigenvalue weighted by Crippen LogP contribution is -2.41. The molecule has 2 aliphatic rings. The number of anilines is 1. The number of halogens is 1. The molecule has 1 unspecified atom stereocenters. The molecule has 7 nitrogen and oxygen atoms in total. The van der Waals surface area contributed by atoms with Gasteiger partial charge in [0.2, 0.25) is 0 Å². The third kappa shape index (κ3) is 8.03. The number of aromatic nitrogens is 1. The lowest BCUT2D eigenvalue weighted by atomic mass is 9.76. The molecule has 1 saturated heterocycles. The molecule has 1 aliphatic carbocycles. The first kappa shape index (κ1) is 34.6. The molecule has 3 aromatic rings. The highest BCUT2D eigenvalue weighted by molar-refractivity contribution is 5.96. The summed E-state index contributed by atoms with van der Waals surface area (Å²) in [5.41, 5.74) is 4.82. The minimum absolute atomic E-state index is 0.0280. The first-order valence-electron chi connectivity index (χ1n) is 17.0. The Morgan fingerprint density at radius 2 is 1.64 bits per heavy atom. The number of rotatable bonds is 9. The molecular weight excluding hydrogens is 593 g/mol. The van der Waals surface area contributed by atoms with Gasteiger partial charge in [0.25, 0.3) is 5.91 Å². The predicted octanol–water partition coefficient (Wildman–Crippen LogP) is 8.40. The van der Waals surface area contributed by atoms with Crippen LogP contribution < -0.4 is 10.2 Å². The number of carbonyl (C=O) groups excluding carboxylic acids is 2. The molecule has 8 heteroatoms. The van der Waals surface area contributed by atoms with Gasteiger partial charge in [-0.25, -0.2) is 9.18 Å². The molecule has 1 saturated carbocycles. The van der Waals surface area contributed by atoms with Crippen molar-refractivity contribution in [2.45, 2.75) is 111 Å². The number of pyridine rings is 1. The zero-order valence-electron chi connectivity index (χ0n) is 29.0. The number of amides is 1. The summed E-state index contributed by atoms with van der Waals surface area (Å²) in [5.74, 6) is -1.58. The third-order valence-electron chi connectivity index (χ3n) is 9.48. The van der Waals surface area contributed by atoms with Gasteiger partial charge >= 0.3 is 5.97 Å². The lowest BCUT2D eigenvalue weighted by Gasteiger charge is -2.43. The fourth-order valence-corrected chi connectivity index (χ4v) is 7.26. The molecule has 1 aromatic heterocycles. The zero-order chi connectivity index (χ0) is 33.9. The number of piperidine rings is 1. The van der Waals surface area contributed by atoms with Crippen molar-refractivity contribution >= 4 is 17.6 Å². The van der Waals surface area contributed by atoms with Crippen LogP contribution in [0.2, 0.25) is 0 Å². The van der Waals surface area contributed by atoms with E-state index in [0.29, 0.717) is 28.8 Å². The van der Waals surface area contributed by atoms with Gasteiger partial charge in [-0.15, -0.1) is 0 Å². The Bertz CT molecular complexity index is 1580. The molecule has 2 fully saturated rings. The van der Waals surface area contributed by atoms with Gasteiger partial charge in [0, 0.05) is 42.1 Å². The van der Waals surface area contributed by atoms with E-state index in [1.807, 2.05) is 78.8 Å². The Hall–Kier alpha value is -3.78. The van der Waals surface area contributed by atoms with Crippen molar-refractivity contribution in [3.8, 4) is 11.1 Å². The largest absolute Gasteiger partial charge is 0.461 e. The quantitative estimate of drug-likeness (QED) is 0.236. The number of hydrogen-bond acceptors (Lipinski definition) is 6. The molecular formula is C39H50FN3O4. The Morgan fingerprint density at radius 1 is 0.979 bits per heavy atom. The number of esters is 1. The summed E-state index contributed by atoms with van der Waals surface area (Å²) < 4.78 is 28.1. The van der Waals surface area contributed by atoms with E-state index < -0.39 is 29.4 Å². The summed E-state index contributed by atoms with van der Waals surface area (Å²) in [5, 5.41) is 2.83. The number of aryl methyl sites for hydroxylation is 2. The summed E-state index contributed by atoms with van der Waals surface area (Å²) in [6.07, 6.45) is 5.81. The van der Waals surface area contributed by atoms with E-state index in [1.54, 1.807) is 6.07 Å². The average Bonchev–Trinajstić information content (AvgIpc) is 3.46. The van der Waals surface area contributed by atoms with Crippen LogP contribution in [-0.4, -0.2) is 41.7 Å². The van der Waals surface area contributed by atoms with Crippen LogP contribution in [0, 0.1) is 25.1 Å². The SMILES string of the molecule is Cc1nc(C)c(C(OC(C)(C)C)C(=O)OC(C)C)c(N2CCC3(CCCC3)CC2)c1-c1ccc(C(=O)NCc2ccccc2)c(F)c1. The molecule has 1 spiro atoms. The van der Waals surface area contributed by atoms with Crippen LogP contribution in [0.1, 0.15) is 112 Å². The van der Waals surface area contributed by atoms with Crippen molar-refractivity contribution in [3.63, 3.8) is 0 Å². The highest BCUT2D eigenvalue weighted by Crippen LogP contribution is 2.49. The Kier molecular flexibility index (Phi) is 10.4. The van der Waals surface area contributed by atoms with E-state index in [2.05, 4.69) is 10.2 Å². The van der Waals surface area contributed by atoms with Crippen LogP contribution in [0.5, 0.6) is 0 Å². The van der Waals surface area contributed by atoms with Crippen LogP contribution in [0.15, 0.2) is 48.5 Å². The van der Waals surface area contributed by atoms with Gasteiger partial charge in [-0.2, -0.15) is 0 Å². The fraction of sp³-hybridized carbons (Fsp3) is 0.513. The molecule has 0 bridgehead atoms. The minimum atomic E-state index is -1.03. The number of nitrogens with zero attached hydrogens (tertiary/aromatic N) is 2. The molecule has 1 amide bonds. The topological polar surface area (TPSA) is 80.8 Å². The van der Waals surface area contributed by atoms with Crippen LogP contribution in [-0.2, 0) is 20.8 Å². The van der Waals surface area contributed by atoms with E-state index in [4.69, 9.17) is 14.5 Å². The first-order valence-corrected chi connectivity index (χ1v) is 17.0. The van der Waals surface area contributed by atoms with Crippen LogP contribution in [0.4, 0.5) is 10.1 Å². The second-order valence-electron chi connectivity index (χ2n) is 14.6. The molecule has 1 N–H and O–H groups in total. The smallest absolute Gasteiger partial charge is 0.340 e. The van der Waals surface area contributed by atoms with Gasteiger partial charge in [-0.3, -0.25) is 9.78 Å². The number of nitrogens with one attached hydrogen (secondary N) is 1. The summed E-state index contributed by atoms with van der Waals surface area (Å²) >= 11 is 0. The molecule has 5 rings (SSSR count). The molecule has 0 radical (unpaired) electrons. The number of carbonyl (C=O) groups is 2.